The Hall–Kier alpha value is -1.84. The Bertz CT molecular complexity index is 527. The second-order valence-electron chi connectivity index (χ2n) is 5.93. The smallest absolute Gasteiger partial charge is 0.245 e. The fraction of sp³-hybridized carbons (Fsp3) is 0.529. The van der Waals surface area contributed by atoms with Gasteiger partial charge in [0.15, 0.2) is 0 Å². The molecule has 0 bridgehead atoms. The Balaban J connectivity index is 2.01. The Morgan fingerprint density at radius 1 is 1.38 bits per heavy atom. The van der Waals surface area contributed by atoms with Crippen LogP contribution in [0, 0.1) is 12.8 Å². The standard InChI is InChI=1S/C17H24N2O2/c1-4-13(3)16-17(21)19(11-15(20)18-16)9-8-14-7-5-6-12(2)10-14/h5-7,10,13,16H,4,8-9,11H2,1-3H3,(H,18,20). The topological polar surface area (TPSA) is 49.4 Å². The van der Waals surface area contributed by atoms with E-state index < -0.39 is 0 Å². The van der Waals surface area contributed by atoms with Crippen LogP contribution in [0.2, 0.25) is 0 Å². The van der Waals surface area contributed by atoms with Crippen molar-refractivity contribution in [2.45, 2.75) is 39.7 Å². The van der Waals surface area contributed by atoms with E-state index in [9.17, 15) is 9.59 Å². The number of nitrogens with one attached hydrogen (secondary N) is 1. The van der Waals surface area contributed by atoms with Gasteiger partial charge in [-0.3, -0.25) is 9.59 Å². The van der Waals surface area contributed by atoms with Gasteiger partial charge in [0, 0.05) is 6.54 Å². The van der Waals surface area contributed by atoms with Gasteiger partial charge in [0.2, 0.25) is 11.8 Å². The first-order valence-corrected chi connectivity index (χ1v) is 7.65. The average molecular weight is 288 g/mol. The van der Waals surface area contributed by atoms with Crippen molar-refractivity contribution in [3.63, 3.8) is 0 Å². The number of nitrogens with zero attached hydrogens (tertiary/aromatic N) is 1. The molecule has 1 N–H and O–H groups in total. The Labute approximate surface area is 126 Å². The van der Waals surface area contributed by atoms with E-state index in [2.05, 4.69) is 30.4 Å². The maximum absolute atomic E-state index is 12.5. The predicted molar refractivity (Wildman–Crippen MR) is 82.8 cm³/mol. The van der Waals surface area contributed by atoms with Crippen LogP contribution in [-0.2, 0) is 16.0 Å². The van der Waals surface area contributed by atoms with Crippen molar-refractivity contribution in [3.05, 3.63) is 35.4 Å². The zero-order valence-corrected chi connectivity index (χ0v) is 13.1. The number of carbonyl (C=O) groups is 2. The highest BCUT2D eigenvalue weighted by Gasteiger charge is 2.34. The Kier molecular flexibility index (Phi) is 4.99. The Morgan fingerprint density at radius 3 is 2.81 bits per heavy atom. The third kappa shape index (κ3) is 3.84. The second kappa shape index (κ2) is 6.74. The van der Waals surface area contributed by atoms with Crippen LogP contribution in [0.5, 0.6) is 0 Å². The summed E-state index contributed by atoms with van der Waals surface area (Å²) in [5, 5.41) is 2.82. The van der Waals surface area contributed by atoms with E-state index in [1.165, 1.54) is 11.1 Å². The van der Waals surface area contributed by atoms with Crippen molar-refractivity contribution in [1.82, 2.24) is 10.2 Å². The molecule has 0 saturated carbocycles. The van der Waals surface area contributed by atoms with Gasteiger partial charge in [0.25, 0.3) is 0 Å². The number of rotatable bonds is 5. The van der Waals surface area contributed by atoms with E-state index in [-0.39, 0.29) is 30.3 Å². The molecule has 2 unspecified atom stereocenters. The predicted octanol–water partition coefficient (Wildman–Crippen LogP) is 1.91. The molecule has 1 heterocycles. The number of amides is 2. The van der Waals surface area contributed by atoms with E-state index in [1.54, 1.807) is 4.90 Å². The van der Waals surface area contributed by atoms with Crippen LogP contribution in [0.4, 0.5) is 0 Å². The molecular formula is C17H24N2O2. The largest absolute Gasteiger partial charge is 0.342 e. The minimum absolute atomic E-state index is 0.0517. The minimum atomic E-state index is -0.367. The van der Waals surface area contributed by atoms with Gasteiger partial charge in [-0.15, -0.1) is 0 Å². The molecule has 4 heteroatoms. The first-order chi connectivity index (χ1) is 10.0. The zero-order valence-electron chi connectivity index (χ0n) is 13.1. The van der Waals surface area contributed by atoms with Gasteiger partial charge in [-0.1, -0.05) is 50.1 Å². The number of benzene rings is 1. The van der Waals surface area contributed by atoms with Gasteiger partial charge >= 0.3 is 0 Å². The quantitative estimate of drug-likeness (QED) is 0.900. The first kappa shape index (κ1) is 15.5. The number of aryl methyl sites for hydroxylation is 1. The lowest BCUT2D eigenvalue weighted by atomic mass is 9.96. The van der Waals surface area contributed by atoms with Gasteiger partial charge < -0.3 is 10.2 Å². The number of hydrogen-bond donors (Lipinski definition) is 1. The zero-order chi connectivity index (χ0) is 15.4. The van der Waals surface area contributed by atoms with Crippen LogP contribution in [0.3, 0.4) is 0 Å². The van der Waals surface area contributed by atoms with Gasteiger partial charge in [-0.05, 0) is 24.8 Å². The molecule has 1 aromatic rings. The summed E-state index contributed by atoms with van der Waals surface area (Å²) in [5.74, 6) is 0.170. The lowest BCUT2D eigenvalue weighted by molar-refractivity contribution is -0.145. The molecule has 1 saturated heterocycles. The van der Waals surface area contributed by atoms with Crippen LogP contribution < -0.4 is 5.32 Å². The molecule has 0 radical (unpaired) electrons. The summed E-state index contributed by atoms with van der Waals surface area (Å²) in [7, 11) is 0. The molecule has 0 aliphatic carbocycles. The molecule has 0 aromatic heterocycles. The van der Waals surface area contributed by atoms with Gasteiger partial charge in [0.05, 0.1) is 6.54 Å². The summed E-state index contributed by atoms with van der Waals surface area (Å²) in [5.41, 5.74) is 2.42. The molecule has 21 heavy (non-hydrogen) atoms. The summed E-state index contributed by atoms with van der Waals surface area (Å²) in [4.78, 5) is 26.0. The Morgan fingerprint density at radius 2 is 2.14 bits per heavy atom. The lowest BCUT2D eigenvalue weighted by Gasteiger charge is -2.35. The number of carbonyl (C=O) groups excluding carboxylic acids is 2. The van der Waals surface area contributed by atoms with Crippen LogP contribution in [0.15, 0.2) is 24.3 Å². The number of hydrogen-bond acceptors (Lipinski definition) is 2. The molecule has 0 spiro atoms. The fourth-order valence-electron chi connectivity index (χ4n) is 2.67. The molecule has 4 nitrogen and oxygen atoms in total. The van der Waals surface area contributed by atoms with E-state index in [0.717, 1.165) is 12.8 Å². The number of piperazine rings is 1. The monoisotopic (exact) mass is 288 g/mol. The summed E-state index contributed by atoms with van der Waals surface area (Å²) >= 11 is 0. The maximum Gasteiger partial charge on any atom is 0.245 e. The lowest BCUT2D eigenvalue weighted by Crippen LogP contribution is -2.60. The van der Waals surface area contributed by atoms with Crippen molar-refractivity contribution in [2.75, 3.05) is 13.1 Å². The van der Waals surface area contributed by atoms with Crippen molar-refractivity contribution in [2.24, 2.45) is 5.92 Å². The van der Waals surface area contributed by atoms with Gasteiger partial charge in [-0.2, -0.15) is 0 Å². The fourth-order valence-corrected chi connectivity index (χ4v) is 2.67. The van der Waals surface area contributed by atoms with Crippen molar-refractivity contribution in [3.8, 4) is 0 Å². The van der Waals surface area contributed by atoms with Gasteiger partial charge in [0.1, 0.15) is 6.04 Å². The van der Waals surface area contributed by atoms with E-state index in [4.69, 9.17) is 0 Å². The average Bonchev–Trinajstić information content (AvgIpc) is 2.47. The van der Waals surface area contributed by atoms with Crippen molar-refractivity contribution in [1.29, 1.82) is 0 Å². The van der Waals surface area contributed by atoms with E-state index >= 15 is 0 Å². The first-order valence-electron chi connectivity index (χ1n) is 7.65. The van der Waals surface area contributed by atoms with E-state index in [1.807, 2.05) is 19.9 Å². The second-order valence-corrected chi connectivity index (χ2v) is 5.93. The molecule has 1 aliphatic heterocycles. The molecule has 1 aromatic carbocycles. The van der Waals surface area contributed by atoms with Crippen LogP contribution >= 0.6 is 0 Å². The summed E-state index contributed by atoms with van der Waals surface area (Å²) < 4.78 is 0. The molecule has 2 atom stereocenters. The van der Waals surface area contributed by atoms with Crippen LogP contribution in [0.1, 0.15) is 31.4 Å². The maximum atomic E-state index is 12.5. The molecule has 1 fully saturated rings. The van der Waals surface area contributed by atoms with Crippen molar-refractivity contribution >= 4 is 11.8 Å². The SMILES string of the molecule is CCC(C)C1NC(=O)CN(CCc2cccc(C)c2)C1=O. The summed E-state index contributed by atoms with van der Waals surface area (Å²) in [6, 6.07) is 7.90. The van der Waals surface area contributed by atoms with Crippen LogP contribution in [-0.4, -0.2) is 35.8 Å². The van der Waals surface area contributed by atoms with E-state index in [0.29, 0.717) is 6.54 Å². The summed E-state index contributed by atoms with van der Waals surface area (Å²) in [6.45, 7) is 6.88. The summed E-state index contributed by atoms with van der Waals surface area (Å²) in [6.07, 6.45) is 1.66. The normalized spacial score (nSPS) is 20.3. The molecule has 114 valence electrons. The molecule has 2 amide bonds. The molecule has 2 rings (SSSR count). The minimum Gasteiger partial charge on any atom is -0.342 e. The highest BCUT2D eigenvalue weighted by atomic mass is 16.2. The third-order valence-electron chi connectivity index (χ3n) is 4.19. The van der Waals surface area contributed by atoms with Crippen LogP contribution in [0.25, 0.3) is 0 Å². The van der Waals surface area contributed by atoms with Crippen molar-refractivity contribution < 1.29 is 9.59 Å². The highest BCUT2D eigenvalue weighted by molar-refractivity contribution is 5.95. The van der Waals surface area contributed by atoms with Gasteiger partial charge in [-0.25, -0.2) is 0 Å². The third-order valence-corrected chi connectivity index (χ3v) is 4.19. The highest BCUT2D eigenvalue weighted by Crippen LogP contribution is 2.15. The molecular weight excluding hydrogens is 264 g/mol. The molecule has 1 aliphatic rings.